The van der Waals surface area contributed by atoms with E-state index in [1.54, 1.807) is 0 Å². The Kier molecular flexibility index (Phi) is 12.4. The molecule has 0 bridgehead atoms. The zero-order valence-corrected chi connectivity index (χ0v) is 16.3. The monoisotopic (exact) mass is 476 g/mol. The topological polar surface area (TPSA) is 232 Å². The van der Waals surface area contributed by atoms with E-state index >= 15 is 0 Å². The molecule has 0 saturated carbocycles. The van der Waals surface area contributed by atoms with E-state index in [0.29, 0.717) is 0 Å². The fraction of sp³-hybridized carbons (Fsp3) is 0.917. The summed E-state index contributed by atoms with van der Waals surface area (Å²) in [7, 11) is 4.81. The number of aliphatic hydroxyl groups excluding tert-OH is 8. The quantitative estimate of drug-likeness (QED) is 0.121. The lowest BCUT2D eigenvalue weighted by Crippen LogP contribution is -2.61. The van der Waals surface area contributed by atoms with E-state index in [1.807, 2.05) is 0 Å². The van der Waals surface area contributed by atoms with Gasteiger partial charge in [-0.25, -0.2) is 0 Å². The van der Waals surface area contributed by atoms with Crippen LogP contribution in [0.15, 0.2) is 0 Å². The minimum atomic E-state index is -3.72. The smallest absolute Gasteiger partial charge is 0.317 e. The zero-order chi connectivity index (χ0) is 22.2. The summed E-state index contributed by atoms with van der Waals surface area (Å²) in [6.45, 7) is -1.64. The Morgan fingerprint density at radius 2 is 1.54 bits per heavy atom. The van der Waals surface area contributed by atoms with Crippen LogP contribution in [0.5, 0.6) is 0 Å². The van der Waals surface area contributed by atoms with Crippen LogP contribution in [-0.4, -0.2) is 124 Å². The van der Waals surface area contributed by atoms with Crippen LogP contribution in [0.25, 0.3) is 0 Å². The Morgan fingerprint density at radius 1 is 1.04 bits per heavy atom. The van der Waals surface area contributed by atoms with Crippen LogP contribution in [0.3, 0.4) is 0 Å². The SMILES string of the molecule is O=CC(O)C(O)C(OC1OC(CO)C(O)C(O)C1O)C(O)CO.O=S(=O)(Cl)Cl. The summed E-state index contributed by atoms with van der Waals surface area (Å²) in [5.41, 5.74) is 0. The first-order chi connectivity index (χ1) is 12.8. The van der Waals surface area contributed by atoms with E-state index in [4.69, 9.17) is 28.1 Å². The first-order valence-electron chi connectivity index (χ1n) is 7.49. The van der Waals surface area contributed by atoms with Crippen molar-refractivity contribution in [2.75, 3.05) is 13.2 Å². The van der Waals surface area contributed by atoms with Crippen molar-refractivity contribution in [3.05, 3.63) is 0 Å². The molecule has 28 heavy (non-hydrogen) atoms. The predicted octanol–water partition coefficient (Wildman–Crippen LogP) is -4.85. The second-order valence-electron chi connectivity index (χ2n) is 5.54. The maximum Gasteiger partial charge on any atom is 0.317 e. The number of hydrogen-bond acceptors (Lipinski definition) is 13. The van der Waals surface area contributed by atoms with Gasteiger partial charge in [-0.15, -0.1) is 0 Å². The molecule has 168 valence electrons. The van der Waals surface area contributed by atoms with Gasteiger partial charge in [0, 0.05) is 21.4 Å². The molecule has 16 heteroatoms. The van der Waals surface area contributed by atoms with Crippen LogP contribution in [0.4, 0.5) is 0 Å². The predicted molar refractivity (Wildman–Crippen MR) is 90.4 cm³/mol. The molecule has 0 spiro atoms. The minimum absolute atomic E-state index is 0.0294. The molecule has 1 aliphatic heterocycles. The summed E-state index contributed by atoms with van der Waals surface area (Å²) in [5.74, 6) is 0. The van der Waals surface area contributed by atoms with Gasteiger partial charge < -0.3 is 55.1 Å². The summed E-state index contributed by atoms with van der Waals surface area (Å²) in [6, 6.07) is 0. The molecule has 0 aromatic carbocycles. The highest BCUT2D eigenvalue weighted by Crippen LogP contribution is 2.24. The van der Waals surface area contributed by atoms with Gasteiger partial charge >= 0.3 is 8.26 Å². The molecule has 0 aromatic heterocycles. The maximum absolute atomic E-state index is 10.5. The second-order valence-corrected chi connectivity index (χ2v) is 9.21. The summed E-state index contributed by atoms with van der Waals surface area (Å²) >= 11 is 0. The van der Waals surface area contributed by atoms with Crippen LogP contribution in [0.1, 0.15) is 0 Å². The highest BCUT2D eigenvalue weighted by atomic mass is 36.0. The minimum Gasteiger partial charge on any atom is -0.394 e. The first-order valence-corrected chi connectivity index (χ1v) is 10.6. The Labute approximate surface area is 168 Å². The Hall–Kier alpha value is -0.200. The lowest BCUT2D eigenvalue weighted by molar-refractivity contribution is -0.326. The highest BCUT2D eigenvalue weighted by molar-refractivity contribution is 8.31. The third-order valence-corrected chi connectivity index (χ3v) is 3.53. The lowest BCUT2D eigenvalue weighted by atomic mass is 9.98. The standard InChI is InChI=1S/C12H22O11.Cl2O2S/c13-1-4(16)7(18)11(5(17)2-14)23-12-10(21)9(20)8(19)6(3-15)22-12;1-5(2,3)4/h1,4-12,14-21H,2-3H2;. The second kappa shape index (κ2) is 12.5. The normalized spacial score (nSPS) is 32.4. The highest BCUT2D eigenvalue weighted by Gasteiger charge is 2.46. The number of hydrogen-bond donors (Lipinski definition) is 8. The summed E-state index contributed by atoms with van der Waals surface area (Å²) in [6.07, 6.45) is -15.7. The molecule has 8 N–H and O–H groups in total. The summed E-state index contributed by atoms with van der Waals surface area (Å²) in [4.78, 5) is 10.5. The van der Waals surface area contributed by atoms with E-state index in [0.717, 1.165) is 0 Å². The lowest BCUT2D eigenvalue weighted by Gasteiger charge is -2.42. The van der Waals surface area contributed by atoms with Gasteiger partial charge in [0.1, 0.15) is 48.8 Å². The maximum atomic E-state index is 10.5. The van der Waals surface area contributed by atoms with E-state index < -0.39 is 76.6 Å². The van der Waals surface area contributed by atoms with Crippen LogP contribution < -0.4 is 0 Å². The van der Waals surface area contributed by atoms with Crippen molar-refractivity contribution in [2.24, 2.45) is 0 Å². The summed E-state index contributed by atoms with van der Waals surface area (Å²) in [5, 5.41) is 75.7. The molecule has 0 aromatic rings. The van der Waals surface area contributed by atoms with Crippen molar-refractivity contribution in [1.82, 2.24) is 0 Å². The average molecular weight is 477 g/mol. The van der Waals surface area contributed by atoms with Gasteiger partial charge in [0.25, 0.3) is 0 Å². The molecular formula is C12H22Cl2O13S. The van der Waals surface area contributed by atoms with Crippen LogP contribution in [0.2, 0.25) is 0 Å². The molecule has 1 heterocycles. The van der Waals surface area contributed by atoms with Gasteiger partial charge in [-0.1, -0.05) is 0 Å². The molecule has 0 radical (unpaired) electrons. The van der Waals surface area contributed by atoms with Gasteiger partial charge in [-0.05, 0) is 0 Å². The van der Waals surface area contributed by atoms with Gasteiger partial charge in [0.2, 0.25) is 0 Å². The van der Waals surface area contributed by atoms with Crippen molar-refractivity contribution >= 4 is 35.9 Å². The Bertz CT molecular complexity index is 554. The third-order valence-electron chi connectivity index (χ3n) is 3.53. The number of halogens is 2. The van der Waals surface area contributed by atoms with E-state index in [9.17, 15) is 35.4 Å². The number of ether oxygens (including phenoxy) is 2. The van der Waals surface area contributed by atoms with Gasteiger partial charge in [-0.2, -0.15) is 8.42 Å². The molecular weight excluding hydrogens is 455 g/mol. The third kappa shape index (κ3) is 9.08. The first kappa shape index (κ1) is 27.8. The van der Waals surface area contributed by atoms with Gasteiger partial charge in [0.15, 0.2) is 12.6 Å². The van der Waals surface area contributed by atoms with Crippen LogP contribution in [-0.2, 0) is 22.5 Å². The van der Waals surface area contributed by atoms with Crippen LogP contribution >= 0.6 is 21.4 Å². The molecule has 9 unspecified atom stereocenters. The number of aliphatic hydroxyl groups is 8. The van der Waals surface area contributed by atoms with E-state index in [-0.39, 0.29) is 6.29 Å². The van der Waals surface area contributed by atoms with E-state index in [2.05, 4.69) is 21.4 Å². The molecule has 9 atom stereocenters. The fourth-order valence-electron chi connectivity index (χ4n) is 2.11. The molecule has 1 fully saturated rings. The number of carbonyl (C=O) groups excluding carboxylic acids is 1. The Morgan fingerprint density at radius 3 is 1.93 bits per heavy atom. The van der Waals surface area contributed by atoms with Crippen molar-refractivity contribution < 1.29 is 63.5 Å². The van der Waals surface area contributed by atoms with Crippen molar-refractivity contribution in [3.63, 3.8) is 0 Å². The largest absolute Gasteiger partial charge is 0.394 e. The Balaban J connectivity index is 0.00000129. The molecule has 1 rings (SSSR count). The number of rotatable bonds is 8. The fourth-order valence-corrected chi connectivity index (χ4v) is 2.11. The molecule has 13 nitrogen and oxygen atoms in total. The zero-order valence-electron chi connectivity index (χ0n) is 14.0. The molecule has 0 aliphatic carbocycles. The van der Waals surface area contributed by atoms with Crippen molar-refractivity contribution in [3.8, 4) is 0 Å². The van der Waals surface area contributed by atoms with E-state index in [1.165, 1.54) is 0 Å². The van der Waals surface area contributed by atoms with Crippen LogP contribution in [0, 0.1) is 0 Å². The average Bonchev–Trinajstić information content (AvgIpc) is 2.62. The van der Waals surface area contributed by atoms with Crippen molar-refractivity contribution in [1.29, 1.82) is 0 Å². The summed E-state index contributed by atoms with van der Waals surface area (Å²) < 4.78 is 28.4. The molecule has 1 saturated heterocycles. The van der Waals surface area contributed by atoms with Gasteiger partial charge in [-0.3, -0.25) is 0 Å². The number of aldehydes is 1. The molecule has 1 aliphatic rings. The number of carbonyl (C=O) groups is 1. The van der Waals surface area contributed by atoms with Crippen molar-refractivity contribution in [2.45, 2.75) is 55.1 Å². The molecule has 0 amide bonds. The van der Waals surface area contributed by atoms with Gasteiger partial charge in [0.05, 0.1) is 13.2 Å².